The minimum Gasteiger partial charge on any atom is -0.302 e. The lowest BCUT2D eigenvalue weighted by atomic mass is 9.83. The minimum atomic E-state index is 0.572. The molecule has 0 spiro atoms. The summed E-state index contributed by atoms with van der Waals surface area (Å²) in [5.74, 6) is 1.21. The zero-order valence-corrected chi connectivity index (χ0v) is 11.8. The second-order valence-corrected chi connectivity index (χ2v) is 6.84. The van der Waals surface area contributed by atoms with Gasteiger partial charge in [0.15, 0.2) is 0 Å². The van der Waals surface area contributed by atoms with Crippen molar-refractivity contribution in [3.63, 3.8) is 0 Å². The molecule has 17 heavy (non-hydrogen) atoms. The van der Waals surface area contributed by atoms with Gasteiger partial charge in [-0.2, -0.15) is 0 Å². The monoisotopic (exact) mass is 249 g/mol. The van der Waals surface area contributed by atoms with Crippen LogP contribution in [0.2, 0.25) is 0 Å². The van der Waals surface area contributed by atoms with Gasteiger partial charge in [-0.3, -0.25) is 0 Å². The molecule has 1 aromatic rings. The Kier molecular flexibility index (Phi) is 4.52. The van der Waals surface area contributed by atoms with Crippen LogP contribution in [0.1, 0.15) is 26.7 Å². The van der Waals surface area contributed by atoms with Crippen LogP contribution in [0, 0.1) is 5.41 Å². The highest BCUT2D eigenvalue weighted by Crippen LogP contribution is 2.29. The molecule has 1 aromatic carbocycles. The van der Waals surface area contributed by atoms with Gasteiger partial charge in [-0.1, -0.05) is 32.0 Å². The van der Waals surface area contributed by atoms with Crippen molar-refractivity contribution in [2.75, 3.05) is 25.4 Å². The molecule has 0 atom stereocenters. The largest absolute Gasteiger partial charge is 0.302 e. The Morgan fingerprint density at radius 1 is 1.12 bits per heavy atom. The molecule has 1 heterocycles. The van der Waals surface area contributed by atoms with E-state index >= 15 is 0 Å². The summed E-state index contributed by atoms with van der Waals surface area (Å²) in [6.45, 7) is 8.58. The van der Waals surface area contributed by atoms with Crippen LogP contribution in [0.25, 0.3) is 0 Å². The van der Waals surface area contributed by atoms with Crippen LogP contribution in [0.5, 0.6) is 0 Å². The smallest absolute Gasteiger partial charge is 0.0108 e. The first-order chi connectivity index (χ1) is 8.16. The Hall–Kier alpha value is -0.470. The molecular weight excluding hydrogens is 226 g/mol. The summed E-state index contributed by atoms with van der Waals surface area (Å²) < 4.78 is 0. The van der Waals surface area contributed by atoms with Crippen molar-refractivity contribution >= 4 is 11.8 Å². The number of hydrogen-bond acceptors (Lipinski definition) is 2. The number of likely N-dealkylation sites (tertiary alicyclic amines) is 1. The van der Waals surface area contributed by atoms with E-state index < -0.39 is 0 Å². The average Bonchev–Trinajstić information content (AvgIpc) is 2.33. The maximum absolute atomic E-state index is 2.61. The van der Waals surface area contributed by atoms with E-state index in [-0.39, 0.29) is 0 Å². The maximum atomic E-state index is 2.61. The molecule has 0 unspecified atom stereocenters. The molecule has 1 aliphatic rings. The third-order valence-corrected chi connectivity index (χ3v) is 4.62. The predicted molar refractivity (Wildman–Crippen MR) is 76.6 cm³/mol. The summed E-state index contributed by atoms with van der Waals surface area (Å²) in [5, 5.41) is 0. The summed E-state index contributed by atoms with van der Waals surface area (Å²) in [6.07, 6.45) is 2.70. The van der Waals surface area contributed by atoms with E-state index in [1.807, 2.05) is 11.8 Å². The Bertz CT molecular complexity index is 324. The van der Waals surface area contributed by atoms with Gasteiger partial charge in [-0.05, 0) is 43.5 Å². The van der Waals surface area contributed by atoms with Gasteiger partial charge in [0, 0.05) is 17.2 Å². The molecular formula is C15H23NS. The van der Waals surface area contributed by atoms with Crippen molar-refractivity contribution in [1.29, 1.82) is 0 Å². The lowest BCUT2D eigenvalue weighted by Crippen LogP contribution is -2.38. The maximum Gasteiger partial charge on any atom is 0.0108 e. The van der Waals surface area contributed by atoms with Crippen molar-refractivity contribution in [2.45, 2.75) is 31.6 Å². The minimum absolute atomic E-state index is 0.572. The highest BCUT2D eigenvalue weighted by molar-refractivity contribution is 7.99. The fourth-order valence-electron chi connectivity index (χ4n) is 2.19. The molecule has 0 aliphatic carbocycles. The quantitative estimate of drug-likeness (QED) is 0.745. The van der Waals surface area contributed by atoms with Crippen LogP contribution in [-0.2, 0) is 0 Å². The molecule has 1 aliphatic heterocycles. The molecule has 0 bridgehead atoms. The van der Waals surface area contributed by atoms with Gasteiger partial charge in [0.2, 0.25) is 0 Å². The lowest BCUT2D eigenvalue weighted by Gasteiger charge is -2.36. The van der Waals surface area contributed by atoms with Gasteiger partial charge < -0.3 is 4.90 Å². The number of thioether (sulfide) groups is 1. The standard InChI is InChI=1S/C15H23NS/c1-15(2)8-10-16(11-9-15)12-13-17-14-6-4-3-5-7-14/h3-7H,8-13H2,1-2H3. The highest BCUT2D eigenvalue weighted by atomic mass is 32.2. The van der Waals surface area contributed by atoms with Crippen LogP contribution in [0.3, 0.4) is 0 Å². The molecule has 0 N–H and O–H groups in total. The number of rotatable bonds is 4. The zero-order chi connectivity index (χ0) is 12.1. The Morgan fingerprint density at radius 3 is 2.41 bits per heavy atom. The van der Waals surface area contributed by atoms with Crippen LogP contribution in [0.15, 0.2) is 35.2 Å². The summed E-state index contributed by atoms with van der Waals surface area (Å²) in [5.41, 5.74) is 0.572. The van der Waals surface area contributed by atoms with E-state index in [9.17, 15) is 0 Å². The molecule has 1 saturated heterocycles. The Labute approximate surface area is 110 Å². The predicted octanol–water partition coefficient (Wildman–Crippen LogP) is 3.90. The molecule has 1 nitrogen and oxygen atoms in total. The second-order valence-electron chi connectivity index (χ2n) is 5.67. The first-order valence-electron chi connectivity index (χ1n) is 6.56. The van der Waals surface area contributed by atoms with Crippen molar-refractivity contribution in [3.05, 3.63) is 30.3 Å². The van der Waals surface area contributed by atoms with Crippen LogP contribution < -0.4 is 0 Å². The first kappa shape index (κ1) is 13.0. The van der Waals surface area contributed by atoms with Crippen molar-refractivity contribution in [3.8, 4) is 0 Å². The third-order valence-electron chi connectivity index (χ3n) is 3.63. The third kappa shape index (κ3) is 4.36. The van der Waals surface area contributed by atoms with Gasteiger partial charge >= 0.3 is 0 Å². The molecule has 0 amide bonds. The van der Waals surface area contributed by atoms with E-state index in [0.717, 1.165) is 0 Å². The van der Waals surface area contributed by atoms with Gasteiger partial charge in [-0.25, -0.2) is 0 Å². The number of nitrogens with zero attached hydrogens (tertiary/aromatic N) is 1. The molecule has 2 rings (SSSR count). The zero-order valence-electron chi connectivity index (χ0n) is 11.0. The van der Waals surface area contributed by atoms with Gasteiger partial charge in [0.1, 0.15) is 0 Å². The molecule has 2 heteroatoms. The fraction of sp³-hybridized carbons (Fsp3) is 0.600. The normalized spacial score (nSPS) is 20.4. The summed E-state index contributed by atoms with van der Waals surface area (Å²) >= 11 is 1.97. The van der Waals surface area contributed by atoms with Crippen molar-refractivity contribution in [1.82, 2.24) is 4.90 Å². The van der Waals surface area contributed by atoms with Gasteiger partial charge in [0.05, 0.1) is 0 Å². The highest BCUT2D eigenvalue weighted by Gasteiger charge is 2.24. The van der Waals surface area contributed by atoms with Crippen LogP contribution >= 0.6 is 11.8 Å². The molecule has 94 valence electrons. The summed E-state index contributed by atoms with van der Waals surface area (Å²) in [7, 11) is 0. The average molecular weight is 249 g/mol. The SMILES string of the molecule is CC1(C)CCN(CCSc2ccccc2)CC1. The molecule has 0 aromatic heterocycles. The van der Waals surface area contributed by atoms with Crippen molar-refractivity contribution < 1.29 is 0 Å². The summed E-state index contributed by atoms with van der Waals surface area (Å²) in [6, 6.07) is 10.7. The molecule has 0 radical (unpaired) electrons. The van der Waals surface area contributed by atoms with E-state index in [0.29, 0.717) is 5.41 Å². The fourth-order valence-corrected chi connectivity index (χ4v) is 3.13. The molecule has 0 saturated carbocycles. The van der Waals surface area contributed by atoms with Crippen LogP contribution in [0.4, 0.5) is 0 Å². The first-order valence-corrected chi connectivity index (χ1v) is 7.54. The van der Waals surface area contributed by atoms with E-state index in [2.05, 4.69) is 49.1 Å². The summed E-state index contributed by atoms with van der Waals surface area (Å²) in [4.78, 5) is 4.01. The van der Waals surface area contributed by atoms with Crippen LogP contribution in [-0.4, -0.2) is 30.3 Å². The van der Waals surface area contributed by atoms with E-state index in [1.165, 1.54) is 43.1 Å². The lowest BCUT2D eigenvalue weighted by molar-refractivity contribution is 0.139. The van der Waals surface area contributed by atoms with Gasteiger partial charge in [-0.15, -0.1) is 11.8 Å². The topological polar surface area (TPSA) is 3.24 Å². The molecule has 1 fully saturated rings. The van der Waals surface area contributed by atoms with Crippen molar-refractivity contribution in [2.24, 2.45) is 5.41 Å². The van der Waals surface area contributed by atoms with Gasteiger partial charge in [0.25, 0.3) is 0 Å². The Morgan fingerprint density at radius 2 is 1.76 bits per heavy atom. The van der Waals surface area contributed by atoms with E-state index in [4.69, 9.17) is 0 Å². The number of piperidine rings is 1. The Balaban J connectivity index is 1.67. The number of hydrogen-bond donors (Lipinski definition) is 0. The second kappa shape index (κ2) is 5.92. The van der Waals surface area contributed by atoms with E-state index in [1.54, 1.807) is 0 Å². The number of benzene rings is 1.